The summed E-state index contributed by atoms with van der Waals surface area (Å²) < 4.78 is 30.1. The molecular formula is C24H23F2N3O3S. The third-order valence-corrected chi connectivity index (χ3v) is 7.02. The smallest absolute Gasteiger partial charge is 0.325 e. The first-order chi connectivity index (χ1) is 15.6. The minimum Gasteiger partial charge on any atom is -0.348 e. The lowest BCUT2D eigenvalue weighted by Gasteiger charge is -2.22. The highest BCUT2D eigenvalue weighted by atomic mass is 32.1. The molecule has 4 rings (SSSR count). The number of ketones is 1. The van der Waals surface area contributed by atoms with Gasteiger partial charge in [0.2, 0.25) is 0 Å². The van der Waals surface area contributed by atoms with Gasteiger partial charge in [-0.15, -0.1) is 11.3 Å². The first-order valence-electron chi connectivity index (χ1n) is 10.4. The lowest BCUT2D eigenvalue weighted by molar-refractivity contribution is -0.130. The number of hydrogen-bond donors (Lipinski definition) is 1. The minimum absolute atomic E-state index is 0.289. The number of aryl methyl sites for hydroxylation is 2. The average Bonchev–Trinajstić information content (AvgIpc) is 3.44. The van der Waals surface area contributed by atoms with Crippen molar-refractivity contribution in [3.8, 4) is 0 Å². The summed E-state index contributed by atoms with van der Waals surface area (Å²) in [5.74, 6) is -2.77. The summed E-state index contributed by atoms with van der Waals surface area (Å²) in [5.41, 5.74) is -0.0232. The molecular weight excluding hydrogens is 448 g/mol. The molecule has 33 heavy (non-hydrogen) atoms. The number of thiophene rings is 1. The van der Waals surface area contributed by atoms with Crippen molar-refractivity contribution >= 4 is 29.1 Å². The van der Waals surface area contributed by atoms with Gasteiger partial charge >= 0.3 is 6.03 Å². The van der Waals surface area contributed by atoms with E-state index in [-0.39, 0.29) is 5.56 Å². The van der Waals surface area contributed by atoms with Gasteiger partial charge in [-0.1, -0.05) is 6.07 Å². The molecule has 2 aromatic heterocycles. The van der Waals surface area contributed by atoms with Gasteiger partial charge in [0.1, 0.15) is 17.2 Å². The molecule has 3 aromatic rings. The van der Waals surface area contributed by atoms with Crippen LogP contribution in [-0.4, -0.2) is 33.7 Å². The Morgan fingerprint density at radius 2 is 1.91 bits per heavy atom. The zero-order valence-electron chi connectivity index (χ0n) is 18.4. The zero-order valence-corrected chi connectivity index (χ0v) is 19.3. The highest BCUT2D eigenvalue weighted by molar-refractivity contribution is 7.09. The molecule has 1 fully saturated rings. The maximum Gasteiger partial charge on any atom is 0.325 e. The number of amides is 3. The minimum atomic E-state index is -1.80. The summed E-state index contributed by atoms with van der Waals surface area (Å²) in [5, 5.41) is 4.43. The number of nitrogens with one attached hydrogen (secondary N) is 1. The van der Waals surface area contributed by atoms with E-state index in [0.29, 0.717) is 12.1 Å². The molecule has 0 radical (unpaired) electrons. The van der Waals surface area contributed by atoms with E-state index in [1.165, 1.54) is 11.8 Å². The molecule has 1 aromatic carbocycles. The second-order valence-corrected chi connectivity index (χ2v) is 9.29. The number of rotatable bonds is 7. The van der Waals surface area contributed by atoms with Crippen LogP contribution in [0.3, 0.4) is 0 Å². The summed E-state index contributed by atoms with van der Waals surface area (Å²) in [7, 11) is 0. The number of nitrogens with zero attached hydrogens (tertiary/aromatic N) is 2. The topological polar surface area (TPSA) is 71.4 Å². The van der Waals surface area contributed by atoms with E-state index >= 15 is 0 Å². The van der Waals surface area contributed by atoms with Gasteiger partial charge in [-0.25, -0.2) is 13.6 Å². The van der Waals surface area contributed by atoms with Crippen LogP contribution in [0.5, 0.6) is 0 Å². The van der Waals surface area contributed by atoms with Gasteiger partial charge in [0, 0.05) is 33.9 Å². The van der Waals surface area contributed by atoms with Crippen molar-refractivity contribution in [2.75, 3.05) is 6.54 Å². The summed E-state index contributed by atoms with van der Waals surface area (Å²) in [6, 6.07) is 7.67. The Hall–Kier alpha value is -3.33. The molecule has 0 saturated carbocycles. The second kappa shape index (κ2) is 8.55. The largest absolute Gasteiger partial charge is 0.348 e. The van der Waals surface area contributed by atoms with Crippen LogP contribution in [0.25, 0.3) is 0 Å². The molecule has 1 N–H and O–H groups in total. The Balaban J connectivity index is 1.54. The summed E-state index contributed by atoms with van der Waals surface area (Å²) in [6.07, 6.45) is 0.826. The summed E-state index contributed by atoms with van der Waals surface area (Å²) in [4.78, 5) is 40.7. The molecule has 6 nitrogen and oxygen atoms in total. The van der Waals surface area contributed by atoms with E-state index < -0.39 is 41.4 Å². The third kappa shape index (κ3) is 4.08. The molecule has 1 atom stereocenters. The Bertz CT molecular complexity index is 1250. The third-order valence-electron chi connectivity index (χ3n) is 6.08. The number of carbonyl (C=O) groups is 3. The van der Waals surface area contributed by atoms with E-state index in [1.807, 2.05) is 29.9 Å². The predicted octanol–water partition coefficient (Wildman–Crippen LogP) is 4.34. The predicted molar refractivity (Wildman–Crippen MR) is 120 cm³/mol. The molecule has 172 valence electrons. The molecule has 0 aliphatic carbocycles. The number of benzene rings is 1. The first-order valence-corrected chi connectivity index (χ1v) is 11.3. The van der Waals surface area contributed by atoms with Crippen molar-refractivity contribution in [1.29, 1.82) is 0 Å². The van der Waals surface area contributed by atoms with E-state index in [0.717, 1.165) is 40.9 Å². The van der Waals surface area contributed by atoms with Crippen molar-refractivity contribution in [3.63, 3.8) is 0 Å². The van der Waals surface area contributed by atoms with Crippen LogP contribution >= 0.6 is 11.3 Å². The SMILES string of the molecule is Cc1cc(C(=O)CN2C(=O)NC(C)(c3cc(F)ccc3F)C2=O)c(C)n1CCc1cccs1. The Morgan fingerprint density at radius 1 is 1.15 bits per heavy atom. The van der Waals surface area contributed by atoms with Gasteiger partial charge in [-0.3, -0.25) is 14.5 Å². The lowest BCUT2D eigenvalue weighted by atomic mass is 9.91. The number of hydrogen-bond acceptors (Lipinski definition) is 4. The quantitative estimate of drug-likeness (QED) is 0.412. The average molecular weight is 472 g/mol. The van der Waals surface area contributed by atoms with Gasteiger partial charge in [-0.05, 0) is 62.9 Å². The van der Waals surface area contributed by atoms with Crippen LogP contribution in [0.4, 0.5) is 13.6 Å². The number of aromatic nitrogens is 1. The van der Waals surface area contributed by atoms with Crippen LogP contribution in [0.15, 0.2) is 41.8 Å². The summed E-state index contributed by atoms with van der Waals surface area (Å²) in [6.45, 7) is 5.23. The molecule has 1 aliphatic heterocycles. The number of imide groups is 1. The number of halogens is 2. The molecule has 3 amide bonds. The van der Waals surface area contributed by atoms with E-state index in [9.17, 15) is 23.2 Å². The monoisotopic (exact) mass is 471 g/mol. The van der Waals surface area contributed by atoms with Crippen LogP contribution in [0.2, 0.25) is 0 Å². The Morgan fingerprint density at radius 3 is 2.61 bits per heavy atom. The highest BCUT2D eigenvalue weighted by Gasteiger charge is 2.51. The number of Topliss-reactive ketones (excluding diaryl/α,β-unsaturated/α-hetero) is 1. The van der Waals surface area contributed by atoms with Crippen LogP contribution in [0, 0.1) is 25.5 Å². The van der Waals surface area contributed by atoms with Crippen molar-refractivity contribution in [3.05, 3.63) is 80.8 Å². The van der Waals surface area contributed by atoms with Gasteiger partial charge < -0.3 is 9.88 Å². The van der Waals surface area contributed by atoms with Crippen LogP contribution in [-0.2, 0) is 23.3 Å². The number of urea groups is 1. The molecule has 3 heterocycles. The molecule has 1 aliphatic rings. The van der Waals surface area contributed by atoms with Crippen LogP contribution < -0.4 is 5.32 Å². The van der Waals surface area contributed by atoms with Crippen molar-refractivity contribution in [2.45, 2.75) is 39.3 Å². The normalized spacial score (nSPS) is 18.2. The Kier molecular flexibility index (Phi) is 5.92. The maximum absolute atomic E-state index is 14.3. The summed E-state index contributed by atoms with van der Waals surface area (Å²) >= 11 is 1.67. The van der Waals surface area contributed by atoms with Gasteiger partial charge in [0.15, 0.2) is 5.78 Å². The van der Waals surface area contributed by atoms with Crippen molar-refractivity contribution < 1.29 is 23.2 Å². The molecule has 0 spiro atoms. The van der Waals surface area contributed by atoms with Crippen molar-refractivity contribution in [2.24, 2.45) is 0 Å². The maximum atomic E-state index is 14.3. The van der Waals surface area contributed by atoms with Crippen molar-refractivity contribution in [1.82, 2.24) is 14.8 Å². The highest BCUT2D eigenvalue weighted by Crippen LogP contribution is 2.31. The lowest BCUT2D eigenvalue weighted by Crippen LogP contribution is -2.42. The fourth-order valence-electron chi connectivity index (χ4n) is 4.24. The fraction of sp³-hybridized carbons (Fsp3) is 0.292. The van der Waals surface area contributed by atoms with E-state index in [4.69, 9.17) is 0 Å². The molecule has 1 unspecified atom stereocenters. The first kappa shape index (κ1) is 22.8. The fourth-order valence-corrected chi connectivity index (χ4v) is 4.94. The molecule has 9 heteroatoms. The van der Waals surface area contributed by atoms with Gasteiger partial charge in [-0.2, -0.15) is 0 Å². The molecule has 1 saturated heterocycles. The zero-order chi connectivity index (χ0) is 23.9. The van der Waals surface area contributed by atoms with E-state index in [1.54, 1.807) is 17.4 Å². The van der Waals surface area contributed by atoms with E-state index in [2.05, 4.69) is 11.4 Å². The van der Waals surface area contributed by atoms with Gasteiger partial charge in [0.25, 0.3) is 5.91 Å². The Labute approximate surface area is 193 Å². The second-order valence-electron chi connectivity index (χ2n) is 8.26. The standard InChI is InChI=1S/C24H23F2N3O3S/c1-14-11-18(15(2)28(14)9-8-17-5-4-10-33-17)21(30)13-29-22(31)24(3,27-23(29)32)19-12-16(25)6-7-20(19)26/h4-7,10-12H,8-9,13H2,1-3H3,(H,27,32). The van der Waals surface area contributed by atoms with Crippen LogP contribution in [0.1, 0.15) is 39.1 Å². The van der Waals surface area contributed by atoms with Gasteiger partial charge in [0.05, 0.1) is 6.54 Å². The number of carbonyl (C=O) groups excluding carboxylic acids is 3. The molecule has 0 bridgehead atoms.